The molecule has 1 aliphatic heterocycles. The average Bonchev–Trinajstić information content (AvgIpc) is 2.76. The van der Waals surface area contributed by atoms with E-state index in [0.717, 1.165) is 17.7 Å². The van der Waals surface area contributed by atoms with Crippen molar-refractivity contribution in [3.05, 3.63) is 59.3 Å². The zero-order chi connectivity index (χ0) is 22.6. The van der Waals surface area contributed by atoms with E-state index in [1.165, 1.54) is 31.5 Å². The van der Waals surface area contributed by atoms with E-state index in [4.69, 9.17) is 0 Å². The molecule has 1 unspecified atom stereocenters. The van der Waals surface area contributed by atoms with Gasteiger partial charge in [-0.25, -0.2) is 9.78 Å². The third-order valence-electron chi connectivity index (χ3n) is 5.29. The molecule has 1 aromatic heterocycles. The van der Waals surface area contributed by atoms with Crippen molar-refractivity contribution in [2.75, 3.05) is 25.2 Å². The minimum absolute atomic E-state index is 0.118. The summed E-state index contributed by atoms with van der Waals surface area (Å²) in [7, 11) is 1.24. The maximum absolute atomic E-state index is 12.8. The molecule has 1 aliphatic rings. The lowest BCUT2D eigenvalue weighted by Gasteiger charge is -2.40. The van der Waals surface area contributed by atoms with E-state index < -0.39 is 30.4 Å². The highest BCUT2D eigenvalue weighted by molar-refractivity contribution is 5.89. The standard InChI is InChI=1S/C21H21F5N2O3/c1-30-19(29)14-5-9-18(27-10-14)28-11-15(4-8-17(28)12-31-20(22)23)13-2-6-16(7-3-13)21(24,25)26/h2-3,5-7,9-10,15,17,20H,4,8,11-12H2,1H3/t15?,17-/m0/s1. The molecule has 0 aliphatic carbocycles. The SMILES string of the molecule is COC(=O)c1ccc(N2CC(c3ccc(C(F)(F)F)cc3)CC[C@H]2COC(F)F)nc1. The first-order valence-corrected chi connectivity index (χ1v) is 9.57. The van der Waals surface area contributed by atoms with Gasteiger partial charge in [-0.2, -0.15) is 22.0 Å². The Kier molecular flexibility index (Phi) is 7.09. The molecule has 2 atom stereocenters. The Morgan fingerprint density at radius 1 is 1.16 bits per heavy atom. The average molecular weight is 444 g/mol. The molecule has 2 heterocycles. The van der Waals surface area contributed by atoms with Crippen LogP contribution in [0.2, 0.25) is 0 Å². The van der Waals surface area contributed by atoms with Gasteiger partial charge in [-0.3, -0.25) is 0 Å². The summed E-state index contributed by atoms with van der Waals surface area (Å²) in [5.41, 5.74) is 0.229. The van der Waals surface area contributed by atoms with Gasteiger partial charge in [0.05, 0.1) is 30.9 Å². The molecule has 1 aromatic carbocycles. The summed E-state index contributed by atoms with van der Waals surface area (Å²) in [6.45, 7) is -2.78. The highest BCUT2D eigenvalue weighted by Crippen LogP contribution is 2.35. The first-order valence-electron chi connectivity index (χ1n) is 9.57. The molecule has 0 amide bonds. The van der Waals surface area contributed by atoms with E-state index in [2.05, 4.69) is 14.5 Å². The number of benzene rings is 1. The fraction of sp³-hybridized carbons (Fsp3) is 0.429. The molecule has 168 valence electrons. The van der Waals surface area contributed by atoms with Crippen molar-refractivity contribution < 1.29 is 36.2 Å². The number of hydrogen-bond donors (Lipinski definition) is 0. The number of rotatable bonds is 6. The van der Waals surface area contributed by atoms with Crippen LogP contribution in [0.5, 0.6) is 0 Å². The summed E-state index contributed by atoms with van der Waals surface area (Å²) in [5, 5.41) is 0. The van der Waals surface area contributed by atoms with Gasteiger partial charge in [-0.05, 0) is 42.7 Å². The minimum Gasteiger partial charge on any atom is -0.465 e. The maximum atomic E-state index is 12.8. The van der Waals surface area contributed by atoms with Crippen LogP contribution in [-0.4, -0.2) is 43.9 Å². The molecule has 31 heavy (non-hydrogen) atoms. The smallest absolute Gasteiger partial charge is 0.416 e. The molecule has 0 spiro atoms. The molecule has 1 fully saturated rings. The Bertz CT molecular complexity index is 872. The highest BCUT2D eigenvalue weighted by atomic mass is 19.4. The van der Waals surface area contributed by atoms with E-state index in [1.807, 2.05) is 0 Å². The first kappa shape index (κ1) is 22.9. The lowest BCUT2D eigenvalue weighted by atomic mass is 9.87. The molecule has 0 N–H and O–H groups in total. The lowest BCUT2D eigenvalue weighted by molar-refractivity contribution is -0.137. The van der Waals surface area contributed by atoms with Crippen LogP contribution in [0.1, 0.15) is 40.2 Å². The second-order valence-corrected chi connectivity index (χ2v) is 7.19. The van der Waals surface area contributed by atoms with Crippen molar-refractivity contribution in [1.82, 2.24) is 4.98 Å². The molecule has 2 aromatic rings. The Morgan fingerprint density at radius 3 is 2.42 bits per heavy atom. The second-order valence-electron chi connectivity index (χ2n) is 7.19. The minimum atomic E-state index is -4.42. The number of pyridine rings is 1. The summed E-state index contributed by atoms with van der Waals surface area (Å²) >= 11 is 0. The normalized spacial score (nSPS) is 19.5. The largest absolute Gasteiger partial charge is 0.465 e. The van der Waals surface area contributed by atoms with Gasteiger partial charge in [0.25, 0.3) is 0 Å². The van der Waals surface area contributed by atoms with Gasteiger partial charge < -0.3 is 14.4 Å². The van der Waals surface area contributed by atoms with Gasteiger partial charge in [0, 0.05) is 18.7 Å². The van der Waals surface area contributed by atoms with Gasteiger partial charge in [0.2, 0.25) is 0 Å². The Balaban J connectivity index is 1.82. The van der Waals surface area contributed by atoms with Gasteiger partial charge in [0.15, 0.2) is 0 Å². The van der Waals surface area contributed by atoms with Crippen molar-refractivity contribution in [2.24, 2.45) is 0 Å². The molecule has 5 nitrogen and oxygen atoms in total. The van der Waals surface area contributed by atoms with Crippen LogP contribution in [0, 0.1) is 0 Å². The van der Waals surface area contributed by atoms with Crippen molar-refractivity contribution in [2.45, 2.75) is 37.6 Å². The van der Waals surface area contributed by atoms with Gasteiger partial charge in [-0.1, -0.05) is 12.1 Å². The summed E-state index contributed by atoms with van der Waals surface area (Å²) < 4.78 is 72.8. The molecule has 0 bridgehead atoms. The number of hydrogen-bond acceptors (Lipinski definition) is 5. The second kappa shape index (κ2) is 9.59. The van der Waals surface area contributed by atoms with Crippen molar-refractivity contribution in [3.8, 4) is 0 Å². The van der Waals surface area contributed by atoms with Crippen LogP contribution < -0.4 is 4.90 Å². The number of carbonyl (C=O) groups excluding carboxylic acids is 1. The maximum Gasteiger partial charge on any atom is 0.416 e. The summed E-state index contributed by atoms with van der Waals surface area (Å²) in [4.78, 5) is 17.7. The number of alkyl halides is 5. The number of aromatic nitrogens is 1. The Hall–Kier alpha value is -2.75. The molecular weight excluding hydrogens is 423 g/mol. The van der Waals surface area contributed by atoms with Crippen LogP contribution in [0.3, 0.4) is 0 Å². The fourth-order valence-electron chi connectivity index (χ4n) is 3.68. The number of ether oxygens (including phenoxy) is 2. The van der Waals surface area contributed by atoms with Crippen LogP contribution in [0.25, 0.3) is 0 Å². The zero-order valence-corrected chi connectivity index (χ0v) is 16.6. The number of piperidine rings is 1. The van der Waals surface area contributed by atoms with Crippen LogP contribution in [0.15, 0.2) is 42.6 Å². The van der Waals surface area contributed by atoms with E-state index in [9.17, 15) is 26.7 Å². The van der Waals surface area contributed by atoms with Crippen LogP contribution in [0.4, 0.5) is 27.8 Å². The Labute approximate surface area is 175 Å². The number of nitrogens with zero attached hydrogens (tertiary/aromatic N) is 2. The van der Waals surface area contributed by atoms with E-state index in [1.54, 1.807) is 11.0 Å². The highest BCUT2D eigenvalue weighted by Gasteiger charge is 2.33. The monoisotopic (exact) mass is 444 g/mol. The molecule has 10 heteroatoms. The third-order valence-corrected chi connectivity index (χ3v) is 5.29. The van der Waals surface area contributed by atoms with E-state index >= 15 is 0 Å². The van der Waals surface area contributed by atoms with Crippen LogP contribution >= 0.6 is 0 Å². The number of anilines is 1. The van der Waals surface area contributed by atoms with E-state index in [0.29, 0.717) is 25.2 Å². The van der Waals surface area contributed by atoms with Gasteiger partial charge in [0.1, 0.15) is 5.82 Å². The summed E-state index contributed by atoms with van der Waals surface area (Å²) in [6.07, 6.45) is -2.01. The van der Waals surface area contributed by atoms with Gasteiger partial charge in [-0.15, -0.1) is 0 Å². The number of esters is 1. The molecule has 1 saturated heterocycles. The predicted molar refractivity (Wildman–Crippen MR) is 102 cm³/mol. The van der Waals surface area contributed by atoms with E-state index in [-0.39, 0.29) is 18.1 Å². The topological polar surface area (TPSA) is 51.7 Å². The van der Waals surface area contributed by atoms with Crippen molar-refractivity contribution in [3.63, 3.8) is 0 Å². The number of halogens is 5. The van der Waals surface area contributed by atoms with Crippen molar-refractivity contribution >= 4 is 11.8 Å². The first-order chi connectivity index (χ1) is 14.7. The number of methoxy groups -OCH3 is 1. The third kappa shape index (κ3) is 5.69. The summed E-state index contributed by atoms with van der Waals surface area (Å²) in [6, 6.07) is 7.66. The number of carbonyl (C=O) groups is 1. The van der Waals surface area contributed by atoms with Crippen molar-refractivity contribution in [1.29, 1.82) is 0 Å². The summed E-state index contributed by atoms with van der Waals surface area (Å²) in [5.74, 6) is -0.225. The molecule has 3 rings (SSSR count). The lowest BCUT2D eigenvalue weighted by Crippen LogP contribution is -2.46. The quantitative estimate of drug-likeness (QED) is 0.470. The van der Waals surface area contributed by atoms with Crippen LogP contribution in [-0.2, 0) is 15.7 Å². The predicted octanol–water partition coefficient (Wildman–Crippen LogP) is 4.88. The fourth-order valence-corrected chi connectivity index (χ4v) is 3.68. The zero-order valence-electron chi connectivity index (χ0n) is 16.6. The molecule has 0 saturated carbocycles. The molecular formula is C21H21F5N2O3. The molecule has 0 radical (unpaired) electrons. The Morgan fingerprint density at radius 2 is 1.87 bits per heavy atom. The van der Waals surface area contributed by atoms with Gasteiger partial charge >= 0.3 is 18.8 Å².